The fourth-order valence-corrected chi connectivity index (χ4v) is 7.41. The van der Waals surface area contributed by atoms with E-state index in [0.717, 1.165) is 43.7 Å². The average Bonchev–Trinajstić information content (AvgIpc) is 3.16. The smallest absolute Gasteiger partial charge is 0.233 e. The first-order chi connectivity index (χ1) is 18.1. The Hall–Kier alpha value is -2.22. The Balaban J connectivity index is 1.15. The monoisotopic (exact) mass is 538 g/mol. The number of fused-ring (bicyclic) bond motifs is 1. The summed E-state index contributed by atoms with van der Waals surface area (Å²) in [6, 6.07) is 11.0. The second kappa shape index (κ2) is 9.76. The number of carbonyl (C=O) groups excluding carboxylic acids is 2. The van der Waals surface area contributed by atoms with E-state index in [-0.39, 0.29) is 41.2 Å². The zero-order chi connectivity index (χ0) is 26.8. The molecule has 204 valence electrons. The Morgan fingerprint density at radius 2 is 1.71 bits per heavy atom. The number of hydrogen-bond donors (Lipinski definition) is 0. The van der Waals surface area contributed by atoms with Crippen molar-refractivity contribution in [3.8, 4) is 0 Å². The van der Waals surface area contributed by atoms with Gasteiger partial charge in [0.2, 0.25) is 11.8 Å². The lowest BCUT2D eigenvalue weighted by molar-refractivity contribution is -0.148. The number of imide groups is 1. The van der Waals surface area contributed by atoms with Gasteiger partial charge in [-0.05, 0) is 68.2 Å². The minimum Gasteiger partial charge on any atom is -0.373 e. The van der Waals surface area contributed by atoms with Gasteiger partial charge in [0.05, 0.1) is 36.8 Å². The third-order valence-electron chi connectivity index (χ3n) is 9.79. The van der Waals surface area contributed by atoms with Crippen LogP contribution in [0.3, 0.4) is 0 Å². The van der Waals surface area contributed by atoms with Crippen LogP contribution >= 0.6 is 11.6 Å². The second-order valence-electron chi connectivity index (χ2n) is 12.5. The predicted molar refractivity (Wildman–Crippen MR) is 146 cm³/mol. The lowest BCUT2D eigenvalue weighted by Gasteiger charge is -2.46. The molecule has 4 aliphatic rings. The number of ether oxygens (including phenoxy) is 1. The molecule has 4 fully saturated rings. The van der Waals surface area contributed by atoms with Crippen LogP contribution in [-0.4, -0.2) is 69.3 Å². The van der Waals surface area contributed by atoms with E-state index in [9.17, 15) is 9.59 Å². The van der Waals surface area contributed by atoms with Gasteiger partial charge < -0.3 is 4.74 Å². The molecule has 2 unspecified atom stereocenters. The van der Waals surface area contributed by atoms with E-state index in [2.05, 4.69) is 30.0 Å². The van der Waals surface area contributed by atoms with Crippen molar-refractivity contribution in [1.82, 2.24) is 19.6 Å². The number of nitrogens with zero attached hydrogens (tertiary/aromatic N) is 4. The first-order valence-corrected chi connectivity index (χ1v) is 14.5. The third-order valence-corrected chi connectivity index (χ3v) is 10.0. The Labute approximate surface area is 230 Å². The number of aryl methyl sites for hydroxylation is 2. The number of carbonyl (C=O) groups is 2. The summed E-state index contributed by atoms with van der Waals surface area (Å²) in [4.78, 5) is 30.1. The minimum absolute atomic E-state index is 0.00500. The van der Waals surface area contributed by atoms with E-state index in [1.807, 2.05) is 37.7 Å². The molecule has 4 atom stereocenters. The van der Waals surface area contributed by atoms with Gasteiger partial charge in [0.1, 0.15) is 0 Å². The Kier molecular flexibility index (Phi) is 6.68. The fraction of sp³-hybridized carbons (Fsp3) is 0.633. The van der Waals surface area contributed by atoms with Crippen LogP contribution in [0.4, 0.5) is 0 Å². The number of likely N-dealkylation sites (tertiary alicyclic amines) is 1. The first-order valence-electron chi connectivity index (χ1n) is 14.1. The first kappa shape index (κ1) is 26.0. The summed E-state index contributed by atoms with van der Waals surface area (Å²) >= 11 is 6.13. The summed E-state index contributed by atoms with van der Waals surface area (Å²) in [5, 5.41) is 5.50. The molecule has 3 heterocycles. The zero-order valence-electron chi connectivity index (χ0n) is 22.9. The van der Waals surface area contributed by atoms with E-state index in [1.165, 1.54) is 21.9 Å². The molecule has 8 heteroatoms. The molecule has 2 amide bonds. The lowest BCUT2D eigenvalue weighted by atomic mass is 9.82. The molecule has 2 aliphatic carbocycles. The van der Waals surface area contributed by atoms with Crippen LogP contribution in [0.15, 0.2) is 30.3 Å². The molecule has 38 heavy (non-hydrogen) atoms. The molecule has 6 rings (SSSR count). The number of halogens is 1. The Morgan fingerprint density at radius 3 is 2.32 bits per heavy atom. The summed E-state index contributed by atoms with van der Waals surface area (Å²) < 4.78 is 8.32. The molecular formula is C30H39ClN4O3. The highest BCUT2D eigenvalue weighted by atomic mass is 35.5. The van der Waals surface area contributed by atoms with Crippen LogP contribution in [0.25, 0.3) is 0 Å². The van der Waals surface area contributed by atoms with Gasteiger partial charge in [0.15, 0.2) is 0 Å². The van der Waals surface area contributed by atoms with Gasteiger partial charge in [-0.2, -0.15) is 5.10 Å². The number of benzene rings is 1. The van der Waals surface area contributed by atoms with Crippen LogP contribution < -0.4 is 0 Å². The summed E-state index contributed by atoms with van der Waals surface area (Å²) in [6.45, 7) is 7.87. The van der Waals surface area contributed by atoms with E-state index in [0.29, 0.717) is 25.1 Å². The van der Waals surface area contributed by atoms with E-state index in [4.69, 9.17) is 21.4 Å². The maximum absolute atomic E-state index is 13.0. The predicted octanol–water partition coefficient (Wildman–Crippen LogP) is 4.36. The summed E-state index contributed by atoms with van der Waals surface area (Å²) in [5.74, 6) is 0.215. The van der Waals surface area contributed by atoms with Crippen molar-refractivity contribution in [2.75, 3.05) is 19.7 Å². The van der Waals surface area contributed by atoms with Crippen molar-refractivity contribution < 1.29 is 14.3 Å². The van der Waals surface area contributed by atoms with Crippen molar-refractivity contribution in [3.05, 3.63) is 52.3 Å². The molecule has 0 radical (unpaired) electrons. The molecule has 0 spiro atoms. The van der Waals surface area contributed by atoms with Crippen LogP contribution in [0, 0.1) is 24.2 Å². The highest BCUT2D eigenvalue weighted by molar-refractivity contribution is 6.30. The van der Waals surface area contributed by atoms with E-state index in [1.54, 1.807) is 0 Å². The lowest BCUT2D eigenvalue weighted by Crippen LogP contribution is -2.58. The molecule has 2 aliphatic heterocycles. The third kappa shape index (κ3) is 4.61. The van der Waals surface area contributed by atoms with Crippen molar-refractivity contribution in [1.29, 1.82) is 0 Å². The molecule has 0 N–H and O–H groups in total. The van der Waals surface area contributed by atoms with Crippen molar-refractivity contribution in [2.24, 2.45) is 24.3 Å². The molecule has 0 bridgehead atoms. The van der Waals surface area contributed by atoms with Crippen LogP contribution in [-0.2, 0) is 27.8 Å². The van der Waals surface area contributed by atoms with Crippen molar-refractivity contribution in [2.45, 2.75) is 77.0 Å². The van der Waals surface area contributed by atoms with Gasteiger partial charge in [0, 0.05) is 42.3 Å². The van der Waals surface area contributed by atoms with Gasteiger partial charge >= 0.3 is 0 Å². The molecule has 2 aromatic rings. The number of aromatic nitrogens is 2. The SMILES string of the molecule is Cc1cc(C2CCC(N3C[C@H](CN4C(=O)C5C(C4=O)C5(C)C)OC[C@@H]3Cc3ccc(Cl)cc3)CC2)nn1C. The highest BCUT2D eigenvalue weighted by Gasteiger charge is 2.72. The molecule has 2 saturated carbocycles. The van der Waals surface area contributed by atoms with Gasteiger partial charge in [0.25, 0.3) is 0 Å². The van der Waals surface area contributed by atoms with Gasteiger partial charge in [-0.3, -0.25) is 24.1 Å². The quantitative estimate of drug-likeness (QED) is 0.511. The van der Waals surface area contributed by atoms with Gasteiger partial charge in [-0.1, -0.05) is 37.6 Å². The van der Waals surface area contributed by atoms with E-state index < -0.39 is 0 Å². The zero-order valence-corrected chi connectivity index (χ0v) is 23.7. The molecule has 1 aromatic heterocycles. The van der Waals surface area contributed by atoms with Crippen LogP contribution in [0.2, 0.25) is 5.02 Å². The van der Waals surface area contributed by atoms with Crippen molar-refractivity contribution in [3.63, 3.8) is 0 Å². The summed E-state index contributed by atoms with van der Waals surface area (Å²) in [6.07, 6.45) is 5.22. The maximum Gasteiger partial charge on any atom is 0.233 e. The summed E-state index contributed by atoms with van der Waals surface area (Å²) in [5.41, 5.74) is 3.48. The number of rotatable bonds is 6. The molecule has 1 aromatic carbocycles. The number of amides is 2. The number of piperidine rings is 1. The highest BCUT2D eigenvalue weighted by Crippen LogP contribution is 2.63. The number of hydrogen-bond acceptors (Lipinski definition) is 5. The molecule has 7 nitrogen and oxygen atoms in total. The van der Waals surface area contributed by atoms with Crippen molar-refractivity contribution >= 4 is 23.4 Å². The second-order valence-corrected chi connectivity index (χ2v) is 13.0. The van der Waals surface area contributed by atoms with Crippen LogP contribution in [0.5, 0.6) is 0 Å². The number of morpholine rings is 1. The normalized spacial score (nSPS) is 33.0. The Morgan fingerprint density at radius 1 is 1.05 bits per heavy atom. The minimum atomic E-state index is -0.182. The average molecular weight is 539 g/mol. The maximum atomic E-state index is 13.0. The topological polar surface area (TPSA) is 67.7 Å². The standard InChI is InChI=1S/C30H39ClN4O3/c1-18-13-25(32-33(18)4)20-7-11-22(12-8-20)34-15-24(16-35-28(36)26-27(29(35)37)30(26,2)3)38-17-23(34)14-19-5-9-21(31)10-6-19/h5-6,9-10,13,20,22-24,26-27H,7-8,11-12,14-17H2,1-4H3/t20?,22?,23-,24+,26?,27?/m0/s1. The largest absolute Gasteiger partial charge is 0.373 e. The molecular weight excluding hydrogens is 500 g/mol. The van der Waals surface area contributed by atoms with E-state index >= 15 is 0 Å². The van der Waals surface area contributed by atoms with Crippen LogP contribution in [0.1, 0.15) is 62.4 Å². The molecule has 2 saturated heterocycles. The van der Waals surface area contributed by atoms with Gasteiger partial charge in [-0.15, -0.1) is 0 Å². The fourth-order valence-electron chi connectivity index (χ4n) is 7.28. The van der Waals surface area contributed by atoms with Gasteiger partial charge in [-0.25, -0.2) is 0 Å². The Bertz CT molecular complexity index is 1170. The summed E-state index contributed by atoms with van der Waals surface area (Å²) in [7, 11) is 2.01.